The van der Waals surface area contributed by atoms with E-state index in [4.69, 9.17) is 15.9 Å². The van der Waals surface area contributed by atoms with Crippen molar-refractivity contribution in [2.24, 2.45) is 5.73 Å². The fourth-order valence-corrected chi connectivity index (χ4v) is 4.11. The van der Waals surface area contributed by atoms with Crippen molar-refractivity contribution >= 4 is 40.6 Å². The number of hydrogen-bond donors (Lipinski definition) is 3. The molecule has 192 valence electrons. The SMILES string of the molecule is Cc1ccc([C@@H](C(=O)NC(C)(C)C)N(C(=O)c2snc(C(N)=O)c2N)c2cccc(C(F)(F)F)c2)o1. The molecule has 3 amide bonds. The van der Waals surface area contributed by atoms with Gasteiger partial charge in [-0.15, -0.1) is 0 Å². The summed E-state index contributed by atoms with van der Waals surface area (Å²) >= 11 is 0.536. The Kier molecular flexibility index (Phi) is 7.16. The Hall–Kier alpha value is -3.87. The summed E-state index contributed by atoms with van der Waals surface area (Å²) in [5.41, 5.74) is 8.41. The lowest BCUT2D eigenvalue weighted by molar-refractivity contribution is -0.137. The summed E-state index contributed by atoms with van der Waals surface area (Å²) < 4.78 is 50.1. The molecule has 36 heavy (non-hydrogen) atoms. The lowest BCUT2D eigenvalue weighted by Gasteiger charge is -2.32. The maximum atomic E-state index is 13.8. The number of carbonyl (C=O) groups is 3. The molecule has 0 saturated heterocycles. The number of amides is 3. The molecule has 0 radical (unpaired) electrons. The van der Waals surface area contributed by atoms with E-state index in [2.05, 4.69) is 9.69 Å². The monoisotopic (exact) mass is 523 g/mol. The van der Waals surface area contributed by atoms with Gasteiger partial charge in [0.15, 0.2) is 11.7 Å². The maximum Gasteiger partial charge on any atom is 0.416 e. The molecule has 0 aliphatic carbocycles. The van der Waals surface area contributed by atoms with Gasteiger partial charge in [-0.25, -0.2) is 0 Å². The van der Waals surface area contributed by atoms with Gasteiger partial charge in [-0.1, -0.05) is 6.07 Å². The number of aryl methyl sites for hydroxylation is 1. The summed E-state index contributed by atoms with van der Waals surface area (Å²) in [6.07, 6.45) is -4.72. The second kappa shape index (κ2) is 9.64. The van der Waals surface area contributed by atoms with Crippen molar-refractivity contribution in [2.75, 3.05) is 10.6 Å². The van der Waals surface area contributed by atoms with Gasteiger partial charge in [0.05, 0.1) is 11.3 Å². The largest absolute Gasteiger partial charge is 0.464 e. The number of hydrogen-bond acceptors (Lipinski definition) is 7. The molecular weight excluding hydrogens is 499 g/mol. The normalized spacial score (nSPS) is 12.8. The predicted octanol–water partition coefficient (Wildman–Crippen LogP) is 4.05. The molecule has 1 aromatic carbocycles. The molecule has 0 aliphatic heterocycles. The number of alkyl halides is 3. The Balaban J connectivity index is 2.27. The summed E-state index contributed by atoms with van der Waals surface area (Å²) in [4.78, 5) is 39.5. The summed E-state index contributed by atoms with van der Waals surface area (Å²) in [5, 5.41) is 2.73. The highest BCUT2D eigenvalue weighted by atomic mass is 32.1. The lowest BCUT2D eigenvalue weighted by atomic mass is 10.0. The van der Waals surface area contributed by atoms with Crippen molar-refractivity contribution in [3.63, 3.8) is 0 Å². The lowest BCUT2D eigenvalue weighted by Crippen LogP contribution is -2.49. The molecule has 9 nitrogen and oxygen atoms in total. The zero-order valence-corrected chi connectivity index (χ0v) is 20.6. The highest BCUT2D eigenvalue weighted by Gasteiger charge is 2.40. The first-order chi connectivity index (χ1) is 16.6. The average molecular weight is 524 g/mol. The van der Waals surface area contributed by atoms with E-state index in [1.807, 2.05) is 0 Å². The van der Waals surface area contributed by atoms with Gasteiger partial charge < -0.3 is 21.2 Å². The number of furan rings is 1. The van der Waals surface area contributed by atoms with Gasteiger partial charge >= 0.3 is 6.18 Å². The van der Waals surface area contributed by atoms with E-state index in [-0.39, 0.29) is 27.7 Å². The van der Waals surface area contributed by atoms with E-state index in [1.165, 1.54) is 12.1 Å². The van der Waals surface area contributed by atoms with Gasteiger partial charge in [0.25, 0.3) is 17.7 Å². The Labute approximate surface area is 208 Å². The number of primary amides is 1. The van der Waals surface area contributed by atoms with E-state index in [9.17, 15) is 27.6 Å². The topological polar surface area (TPSA) is 145 Å². The van der Waals surface area contributed by atoms with Crippen molar-refractivity contribution in [3.05, 3.63) is 64.1 Å². The molecule has 0 saturated carbocycles. The van der Waals surface area contributed by atoms with E-state index in [0.29, 0.717) is 17.3 Å². The third-order valence-corrected chi connectivity index (χ3v) is 5.71. The van der Waals surface area contributed by atoms with Crippen LogP contribution in [0.4, 0.5) is 24.5 Å². The number of aromatic nitrogens is 1. The highest BCUT2D eigenvalue weighted by Crippen LogP contribution is 2.37. The van der Waals surface area contributed by atoms with Gasteiger partial charge in [0.2, 0.25) is 0 Å². The van der Waals surface area contributed by atoms with E-state index in [0.717, 1.165) is 23.1 Å². The first kappa shape index (κ1) is 26.7. The second-order valence-electron chi connectivity index (χ2n) is 8.95. The number of nitrogens with two attached hydrogens (primary N) is 2. The van der Waals surface area contributed by atoms with Gasteiger partial charge in [0.1, 0.15) is 16.4 Å². The number of nitrogen functional groups attached to an aromatic ring is 1. The van der Waals surface area contributed by atoms with Gasteiger partial charge in [-0.3, -0.25) is 19.3 Å². The van der Waals surface area contributed by atoms with Crippen LogP contribution in [-0.4, -0.2) is 27.6 Å². The Morgan fingerprint density at radius 3 is 2.31 bits per heavy atom. The molecule has 13 heteroatoms. The van der Waals surface area contributed by atoms with Crippen molar-refractivity contribution in [3.8, 4) is 0 Å². The molecule has 0 spiro atoms. The molecular formula is C23H24F3N5O4S. The molecule has 3 aromatic rings. The Bertz CT molecular complexity index is 1310. The van der Waals surface area contributed by atoms with Crippen molar-refractivity contribution in [1.82, 2.24) is 9.69 Å². The summed E-state index contributed by atoms with van der Waals surface area (Å²) in [7, 11) is 0. The number of halogens is 3. The molecule has 5 N–H and O–H groups in total. The van der Waals surface area contributed by atoms with E-state index < -0.39 is 41.0 Å². The third kappa shape index (κ3) is 5.67. The maximum absolute atomic E-state index is 13.8. The second-order valence-corrected chi connectivity index (χ2v) is 9.73. The van der Waals surface area contributed by atoms with Crippen LogP contribution >= 0.6 is 11.5 Å². The van der Waals surface area contributed by atoms with Crippen LogP contribution in [0.1, 0.15) is 64.1 Å². The minimum absolute atomic E-state index is 0.00165. The van der Waals surface area contributed by atoms with E-state index in [1.54, 1.807) is 33.8 Å². The number of rotatable bonds is 6. The number of benzene rings is 1. The predicted molar refractivity (Wildman–Crippen MR) is 127 cm³/mol. The summed E-state index contributed by atoms with van der Waals surface area (Å²) in [5.74, 6) is -2.28. The smallest absolute Gasteiger partial charge is 0.416 e. The number of anilines is 2. The van der Waals surface area contributed by atoms with Crippen LogP contribution in [0.3, 0.4) is 0 Å². The zero-order chi connectivity index (χ0) is 27.0. The first-order valence-corrected chi connectivity index (χ1v) is 11.3. The van der Waals surface area contributed by atoms with Crippen LogP contribution in [0.15, 0.2) is 40.8 Å². The molecule has 3 rings (SSSR count). The standard InChI is InChI=1S/C23H24F3N5O4S/c1-11-8-9-14(35-11)17(20(33)29-22(2,3)4)31(13-7-5-6-12(10-13)23(24,25)26)21(34)18-15(27)16(19(28)32)30-36-18/h5-10,17H,27H2,1-4H3,(H2,28,32)(H,29,33)/t17-/m0/s1. The Morgan fingerprint density at radius 2 is 1.81 bits per heavy atom. The summed E-state index contributed by atoms with van der Waals surface area (Å²) in [6.45, 7) is 6.71. The van der Waals surface area contributed by atoms with Gasteiger partial charge in [-0.05, 0) is 69.6 Å². The molecule has 1 atom stereocenters. The minimum atomic E-state index is -4.72. The van der Waals surface area contributed by atoms with Crippen LogP contribution in [0.25, 0.3) is 0 Å². The van der Waals surface area contributed by atoms with Crippen molar-refractivity contribution < 1.29 is 32.0 Å². The van der Waals surface area contributed by atoms with Crippen molar-refractivity contribution in [1.29, 1.82) is 0 Å². The minimum Gasteiger partial charge on any atom is -0.464 e. The fraction of sp³-hybridized carbons (Fsp3) is 0.304. The molecule has 2 heterocycles. The number of nitrogens with zero attached hydrogens (tertiary/aromatic N) is 2. The van der Waals surface area contributed by atoms with Crippen LogP contribution in [0, 0.1) is 6.92 Å². The first-order valence-electron chi connectivity index (χ1n) is 10.5. The van der Waals surface area contributed by atoms with Crippen LogP contribution < -0.4 is 21.7 Å². The quantitative estimate of drug-likeness (QED) is 0.445. The molecule has 0 bridgehead atoms. The molecule has 0 aliphatic rings. The molecule has 0 unspecified atom stereocenters. The fourth-order valence-electron chi connectivity index (χ4n) is 3.37. The molecule has 0 fully saturated rings. The molecule has 2 aromatic heterocycles. The zero-order valence-electron chi connectivity index (χ0n) is 19.8. The Morgan fingerprint density at radius 1 is 1.14 bits per heavy atom. The van der Waals surface area contributed by atoms with Crippen molar-refractivity contribution in [2.45, 2.75) is 45.5 Å². The summed E-state index contributed by atoms with van der Waals surface area (Å²) in [6, 6.07) is 5.38. The third-order valence-electron chi connectivity index (χ3n) is 4.86. The number of nitrogens with one attached hydrogen (secondary N) is 1. The highest BCUT2D eigenvalue weighted by molar-refractivity contribution is 7.09. The average Bonchev–Trinajstić information content (AvgIpc) is 3.35. The van der Waals surface area contributed by atoms with Gasteiger partial charge in [0, 0.05) is 11.2 Å². The van der Waals surface area contributed by atoms with E-state index >= 15 is 0 Å². The van der Waals surface area contributed by atoms with Crippen LogP contribution in [0.5, 0.6) is 0 Å². The number of carbonyl (C=O) groups excluding carboxylic acids is 3. The van der Waals surface area contributed by atoms with Gasteiger partial charge in [-0.2, -0.15) is 17.5 Å². The van der Waals surface area contributed by atoms with Crippen LogP contribution in [0.2, 0.25) is 0 Å². The van der Waals surface area contributed by atoms with Crippen LogP contribution in [-0.2, 0) is 11.0 Å².